The van der Waals surface area contributed by atoms with Gasteiger partial charge in [-0.25, -0.2) is 0 Å². The quantitative estimate of drug-likeness (QED) is 0.894. The Bertz CT molecular complexity index is 614. The minimum absolute atomic E-state index is 0.189. The molecule has 0 aliphatic carbocycles. The van der Waals surface area contributed by atoms with Crippen LogP contribution in [0.15, 0.2) is 24.3 Å². The number of benzene rings is 1. The molecule has 1 aromatic heterocycles. The van der Waals surface area contributed by atoms with Crippen molar-refractivity contribution in [2.75, 3.05) is 5.73 Å². The largest absolute Gasteiger partial charge is 0.395 e. The van der Waals surface area contributed by atoms with Gasteiger partial charge in [-0.1, -0.05) is 29.8 Å². The fraction of sp³-hybridized carbons (Fsp3) is 0.333. The van der Waals surface area contributed by atoms with Gasteiger partial charge in [0, 0.05) is 13.1 Å². The maximum atomic E-state index is 12.2. The smallest absolute Gasteiger partial charge is 0.271 e. The third kappa shape index (κ3) is 2.82. The van der Waals surface area contributed by atoms with Gasteiger partial charge in [0.25, 0.3) is 5.91 Å². The number of hydrogen-bond donors (Lipinski definition) is 2. The van der Waals surface area contributed by atoms with Gasteiger partial charge in [-0.15, -0.1) is 0 Å². The molecule has 1 aromatic carbocycles. The molecule has 2 aromatic rings. The number of aryl methyl sites for hydroxylation is 3. The van der Waals surface area contributed by atoms with E-state index in [0.29, 0.717) is 30.2 Å². The molecule has 0 saturated carbocycles. The van der Waals surface area contributed by atoms with Crippen LogP contribution in [0.25, 0.3) is 0 Å². The molecule has 0 spiro atoms. The lowest BCUT2D eigenvalue weighted by molar-refractivity contribution is 0.0941. The first-order chi connectivity index (χ1) is 9.52. The first-order valence-corrected chi connectivity index (χ1v) is 6.69. The van der Waals surface area contributed by atoms with Crippen LogP contribution in [-0.4, -0.2) is 15.7 Å². The Hall–Kier alpha value is -2.30. The van der Waals surface area contributed by atoms with Crippen molar-refractivity contribution < 1.29 is 4.79 Å². The van der Waals surface area contributed by atoms with Crippen LogP contribution in [0.1, 0.15) is 34.2 Å². The van der Waals surface area contributed by atoms with Gasteiger partial charge in [0.1, 0.15) is 5.69 Å². The third-order valence-electron chi connectivity index (χ3n) is 3.26. The normalized spacial score (nSPS) is 10.6. The highest BCUT2D eigenvalue weighted by atomic mass is 16.2. The Morgan fingerprint density at radius 3 is 2.55 bits per heavy atom. The number of nitrogens with one attached hydrogen (secondary N) is 1. The molecule has 5 nitrogen and oxygen atoms in total. The molecule has 106 valence electrons. The molecule has 0 radical (unpaired) electrons. The number of carbonyl (C=O) groups is 1. The van der Waals surface area contributed by atoms with Crippen molar-refractivity contribution in [2.24, 2.45) is 0 Å². The summed E-state index contributed by atoms with van der Waals surface area (Å²) in [6.07, 6.45) is 0. The van der Waals surface area contributed by atoms with E-state index < -0.39 is 0 Å². The van der Waals surface area contributed by atoms with E-state index in [1.54, 1.807) is 11.6 Å². The van der Waals surface area contributed by atoms with E-state index in [2.05, 4.69) is 10.4 Å². The van der Waals surface area contributed by atoms with E-state index in [1.165, 1.54) is 5.56 Å². The van der Waals surface area contributed by atoms with Crippen LogP contribution in [0.4, 0.5) is 5.69 Å². The number of aromatic nitrogens is 2. The van der Waals surface area contributed by atoms with Crippen molar-refractivity contribution in [2.45, 2.75) is 33.9 Å². The third-order valence-corrected chi connectivity index (χ3v) is 3.26. The summed E-state index contributed by atoms with van der Waals surface area (Å²) >= 11 is 0. The van der Waals surface area contributed by atoms with Gasteiger partial charge in [0.2, 0.25) is 0 Å². The molecule has 1 amide bonds. The molecular formula is C15H20N4O. The molecule has 0 aliphatic rings. The fourth-order valence-electron chi connectivity index (χ4n) is 2.04. The second-order valence-corrected chi connectivity index (χ2v) is 4.83. The second-order valence-electron chi connectivity index (χ2n) is 4.83. The molecule has 0 saturated heterocycles. The van der Waals surface area contributed by atoms with Gasteiger partial charge in [-0.05, 0) is 26.3 Å². The minimum Gasteiger partial charge on any atom is -0.395 e. The molecular weight excluding hydrogens is 252 g/mol. The van der Waals surface area contributed by atoms with Gasteiger partial charge in [-0.3, -0.25) is 9.48 Å². The first kappa shape index (κ1) is 14.1. The number of rotatable bonds is 4. The highest BCUT2D eigenvalue weighted by Gasteiger charge is 2.18. The van der Waals surface area contributed by atoms with Crippen molar-refractivity contribution in [3.8, 4) is 0 Å². The maximum absolute atomic E-state index is 12.2. The van der Waals surface area contributed by atoms with Gasteiger partial charge in [-0.2, -0.15) is 5.10 Å². The zero-order valence-corrected chi connectivity index (χ0v) is 12.1. The average Bonchev–Trinajstić information content (AvgIpc) is 2.73. The summed E-state index contributed by atoms with van der Waals surface area (Å²) in [6.45, 7) is 6.87. The zero-order valence-electron chi connectivity index (χ0n) is 12.1. The zero-order chi connectivity index (χ0) is 14.7. The highest BCUT2D eigenvalue weighted by molar-refractivity contribution is 5.97. The molecule has 0 fully saturated rings. The van der Waals surface area contributed by atoms with E-state index >= 15 is 0 Å². The first-order valence-electron chi connectivity index (χ1n) is 6.69. The van der Waals surface area contributed by atoms with E-state index in [-0.39, 0.29) is 5.91 Å². The summed E-state index contributed by atoms with van der Waals surface area (Å²) in [6, 6.07) is 8.05. The number of anilines is 1. The number of nitrogens with zero attached hydrogens (tertiary/aromatic N) is 2. The Kier molecular flexibility index (Phi) is 4.08. The van der Waals surface area contributed by atoms with Gasteiger partial charge in [0.05, 0.1) is 11.4 Å². The molecule has 0 atom stereocenters. The Balaban J connectivity index is 2.11. The van der Waals surface area contributed by atoms with E-state index in [0.717, 1.165) is 5.56 Å². The monoisotopic (exact) mass is 272 g/mol. The van der Waals surface area contributed by atoms with E-state index in [9.17, 15) is 4.79 Å². The Morgan fingerprint density at radius 1 is 1.30 bits per heavy atom. The highest BCUT2D eigenvalue weighted by Crippen LogP contribution is 2.16. The molecule has 0 unspecified atom stereocenters. The molecule has 0 aliphatic heterocycles. The van der Waals surface area contributed by atoms with Gasteiger partial charge < -0.3 is 11.1 Å². The predicted octanol–water partition coefficient (Wildman–Crippen LogP) is 2.03. The van der Waals surface area contributed by atoms with Crippen LogP contribution in [-0.2, 0) is 13.1 Å². The maximum Gasteiger partial charge on any atom is 0.271 e. The lowest BCUT2D eigenvalue weighted by atomic mass is 10.1. The van der Waals surface area contributed by atoms with Crippen LogP contribution >= 0.6 is 0 Å². The van der Waals surface area contributed by atoms with Crippen LogP contribution in [0.5, 0.6) is 0 Å². The van der Waals surface area contributed by atoms with Crippen LogP contribution in [0.2, 0.25) is 0 Å². The number of carbonyl (C=O) groups excluding carboxylic acids is 1. The minimum atomic E-state index is -0.189. The summed E-state index contributed by atoms with van der Waals surface area (Å²) in [5.74, 6) is -0.189. The Morgan fingerprint density at radius 2 is 1.95 bits per heavy atom. The summed E-state index contributed by atoms with van der Waals surface area (Å²) in [7, 11) is 0. The van der Waals surface area contributed by atoms with Crippen LogP contribution in [0.3, 0.4) is 0 Å². The van der Waals surface area contributed by atoms with Crippen molar-refractivity contribution in [3.63, 3.8) is 0 Å². The van der Waals surface area contributed by atoms with Crippen LogP contribution in [0, 0.1) is 13.8 Å². The SMILES string of the molecule is CCn1nc(C)c(N)c1C(=O)NCc1ccc(C)cc1. The molecule has 0 bridgehead atoms. The van der Waals surface area contributed by atoms with E-state index in [1.807, 2.05) is 38.1 Å². The molecule has 5 heteroatoms. The Labute approximate surface area is 118 Å². The standard InChI is InChI=1S/C15H20N4O/c1-4-19-14(13(16)11(3)18-19)15(20)17-9-12-7-5-10(2)6-8-12/h5-8H,4,9,16H2,1-3H3,(H,17,20). The molecule has 20 heavy (non-hydrogen) atoms. The number of amides is 1. The van der Waals surface area contributed by atoms with Crippen molar-refractivity contribution in [3.05, 3.63) is 46.8 Å². The van der Waals surface area contributed by atoms with Crippen LogP contribution < -0.4 is 11.1 Å². The second kappa shape index (κ2) is 5.77. The number of hydrogen-bond acceptors (Lipinski definition) is 3. The summed E-state index contributed by atoms with van der Waals surface area (Å²) in [5.41, 5.74) is 9.76. The summed E-state index contributed by atoms with van der Waals surface area (Å²) in [5, 5.41) is 7.13. The number of nitrogens with two attached hydrogens (primary N) is 1. The van der Waals surface area contributed by atoms with E-state index in [4.69, 9.17) is 5.73 Å². The molecule has 2 rings (SSSR count). The fourth-order valence-corrected chi connectivity index (χ4v) is 2.04. The predicted molar refractivity (Wildman–Crippen MR) is 79.4 cm³/mol. The topological polar surface area (TPSA) is 72.9 Å². The number of nitrogen functional groups attached to an aromatic ring is 1. The van der Waals surface area contributed by atoms with Gasteiger partial charge in [0.15, 0.2) is 0 Å². The lowest BCUT2D eigenvalue weighted by Gasteiger charge is -2.08. The summed E-state index contributed by atoms with van der Waals surface area (Å²) in [4.78, 5) is 12.2. The molecule has 3 N–H and O–H groups in total. The lowest BCUT2D eigenvalue weighted by Crippen LogP contribution is -2.26. The van der Waals surface area contributed by atoms with Crippen molar-refractivity contribution in [1.29, 1.82) is 0 Å². The van der Waals surface area contributed by atoms with Crippen molar-refractivity contribution >= 4 is 11.6 Å². The van der Waals surface area contributed by atoms with Gasteiger partial charge >= 0.3 is 0 Å². The average molecular weight is 272 g/mol. The van der Waals surface area contributed by atoms with Crippen molar-refractivity contribution in [1.82, 2.24) is 15.1 Å². The molecule has 1 heterocycles. The summed E-state index contributed by atoms with van der Waals surface area (Å²) < 4.78 is 1.63.